The minimum absolute atomic E-state index is 0.165. The fourth-order valence-electron chi connectivity index (χ4n) is 3.93. The van der Waals surface area contributed by atoms with Crippen molar-refractivity contribution in [3.8, 4) is 11.5 Å². The van der Waals surface area contributed by atoms with E-state index in [4.69, 9.17) is 23.9 Å². The van der Waals surface area contributed by atoms with Crippen LogP contribution in [0.1, 0.15) is 18.9 Å². The number of nitrogens with one attached hydrogen (secondary N) is 3. The average Bonchev–Trinajstić information content (AvgIpc) is 3.39. The molecule has 38 heavy (non-hydrogen) atoms. The molecule has 198 valence electrons. The third-order valence-corrected chi connectivity index (χ3v) is 5.88. The Hall–Kier alpha value is -4.22. The van der Waals surface area contributed by atoms with Crippen LogP contribution < -0.4 is 20.1 Å². The van der Waals surface area contributed by atoms with Crippen LogP contribution in [0.5, 0.6) is 11.5 Å². The van der Waals surface area contributed by atoms with Gasteiger partial charge in [-0.25, -0.2) is 4.98 Å². The van der Waals surface area contributed by atoms with Gasteiger partial charge in [-0.3, -0.25) is 4.79 Å². The molecule has 3 N–H and O–H groups in total. The molecule has 0 amide bonds. The highest BCUT2D eigenvalue weighted by Crippen LogP contribution is 2.32. The molecule has 11 nitrogen and oxygen atoms in total. The molecular weight excluding hydrogens is 488 g/mol. The number of carbonyl (C=O) groups is 1. The van der Waals surface area contributed by atoms with E-state index in [0.29, 0.717) is 92.6 Å². The van der Waals surface area contributed by atoms with Crippen molar-refractivity contribution < 1.29 is 23.7 Å². The monoisotopic (exact) mass is 518 g/mol. The van der Waals surface area contributed by atoms with Crippen LogP contribution in [0.25, 0.3) is 11.2 Å². The summed E-state index contributed by atoms with van der Waals surface area (Å²) in [5.74, 6) is 2.24. The minimum atomic E-state index is 0.165. The van der Waals surface area contributed by atoms with Gasteiger partial charge in [-0.1, -0.05) is 25.1 Å². The zero-order chi connectivity index (χ0) is 26.2. The molecule has 0 unspecified atom stereocenters. The summed E-state index contributed by atoms with van der Waals surface area (Å²) in [7, 11) is 0. The summed E-state index contributed by atoms with van der Waals surface area (Å²) in [6.45, 7) is 4.60. The normalized spacial score (nSPS) is 14.3. The molecule has 0 saturated heterocycles. The second-order valence-corrected chi connectivity index (χ2v) is 8.56. The van der Waals surface area contributed by atoms with E-state index >= 15 is 0 Å². The smallest absolute Gasteiger partial charge is 0.231 e. The maximum Gasteiger partial charge on any atom is 0.231 e. The van der Waals surface area contributed by atoms with Gasteiger partial charge in [0.1, 0.15) is 24.5 Å². The number of imidazole rings is 1. The second-order valence-electron chi connectivity index (χ2n) is 8.56. The lowest BCUT2D eigenvalue weighted by Crippen LogP contribution is -2.15. The van der Waals surface area contributed by atoms with Crippen molar-refractivity contribution in [1.82, 2.24) is 19.9 Å². The van der Waals surface area contributed by atoms with Crippen molar-refractivity contribution in [2.75, 3.05) is 50.3 Å². The third kappa shape index (κ3) is 6.36. The quantitative estimate of drug-likeness (QED) is 0.327. The van der Waals surface area contributed by atoms with Gasteiger partial charge < -0.3 is 34.6 Å². The molecule has 0 radical (unpaired) electrons. The van der Waals surface area contributed by atoms with E-state index in [1.54, 1.807) is 6.33 Å². The lowest BCUT2D eigenvalue weighted by Gasteiger charge is -2.16. The van der Waals surface area contributed by atoms with Crippen LogP contribution in [0.4, 0.5) is 23.1 Å². The molecule has 3 heterocycles. The Kier molecular flexibility index (Phi) is 8.26. The maximum absolute atomic E-state index is 12.1. The van der Waals surface area contributed by atoms with Gasteiger partial charge in [0.25, 0.3) is 0 Å². The summed E-state index contributed by atoms with van der Waals surface area (Å²) in [6, 6.07) is 13.2. The van der Waals surface area contributed by atoms with Gasteiger partial charge in [-0.15, -0.1) is 0 Å². The van der Waals surface area contributed by atoms with Gasteiger partial charge in [0.2, 0.25) is 5.95 Å². The van der Waals surface area contributed by atoms with Gasteiger partial charge in [-0.05, 0) is 23.8 Å². The molecule has 0 spiro atoms. The molecule has 0 atom stereocenters. The van der Waals surface area contributed by atoms with E-state index in [1.807, 2.05) is 49.4 Å². The predicted octanol–water partition coefficient (Wildman–Crippen LogP) is 4.17. The number of H-pyrrole nitrogens is 1. The number of para-hydroxylation sites is 1. The lowest BCUT2D eigenvalue weighted by molar-refractivity contribution is -0.118. The van der Waals surface area contributed by atoms with Gasteiger partial charge in [0, 0.05) is 30.3 Å². The van der Waals surface area contributed by atoms with Gasteiger partial charge in [0.05, 0.1) is 32.8 Å². The van der Waals surface area contributed by atoms with E-state index < -0.39 is 0 Å². The highest BCUT2D eigenvalue weighted by atomic mass is 16.6. The summed E-state index contributed by atoms with van der Waals surface area (Å²) < 4.78 is 22.8. The van der Waals surface area contributed by atoms with Crippen molar-refractivity contribution in [3.63, 3.8) is 0 Å². The number of aromatic nitrogens is 4. The van der Waals surface area contributed by atoms with Crippen LogP contribution >= 0.6 is 0 Å². The Morgan fingerprint density at radius 3 is 2.50 bits per heavy atom. The Bertz CT molecular complexity index is 1390. The standard InChI is InChI=1S/C27H30N6O5/c1-2-20(34)15-18-5-3-4-6-21(18)31-26-24-25(29-17-28-24)32-27(33-26)30-19-7-8-22-23(16-19)38-14-12-36-10-9-35-11-13-37-22/h3-8,16-17H,2,9-15H2,1H3,(H3,28,29,30,31,32,33). The van der Waals surface area contributed by atoms with Crippen LogP contribution in [0, 0.1) is 0 Å². The fourth-order valence-corrected chi connectivity index (χ4v) is 3.93. The Labute approximate surface area is 219 Å². The lowest BCUT2D eigenvalue weighted by atomic mass is 10.1. The maximum atomic E-state index is 12.1. The van der Waals surface area contributed by atoms with E-state index in [-0.39, 0.29) is 5.78 Å². The number of hydrogen-bond donors (Lipinski definition) is 3. The van der Waals surface area contributed by atoms with Crippen LogP contribution in [0.2, 0.25) is 0 Å². The molecule has 0 bridgehead atoms. The summed E-state index contributed by atoms with van der Waals surface area (Å²) in [5.41, 5.74) is 3.56. The average molecular weight is 519 g/mol. The largest absolute Gasteiger partial charge is 0.487 e. The Morgan fingerprint density at radius 2 is 1.68 bits per heavy atom. The number of fused-ring (bicyclic) bond motifs is 2. The SMILES string of the molecule is CCC(=O)Cc1ccccc1Nc1nc(Nc2ccc3c(c2)OCCOCCOCCO3)nc2nc[nH]c12. The number of anilines is 4. The molecule has 1 aliphatic rings. The van der Waals surface area contributed by atoms with Crippen LogP contribution in [-0.2, 0) is 20.7 Å². The Morgan fingerprint density at radius 1 is 0.921 bits per heavy atom. The molecule has 11 heteroatoms. The van der Waals surface area contributed by atoms with Gasteiger partial charge in [0.15, 0.2) is 23.0 Å². The van der Waals surface area contributed by atoms with Crippen molar-refractivity contribution >= 4 is 40.1 Å². The van der Waals surface area contributed by atoms with E-state index in [9.17, 15) is 4.79 Å². The van der Waals surface area contributed by atoms with E-state index in [1.165, 1.54) is 0 Å². The van der Waals surface area contributed by atoms with Gasteiger partial charge in [-0.2, -0.15) is 9.97 Å². The highest BCUT2D eigenvalue weighted by Gasteiger charge is 2.15. The van der Waals surface area contributed by atoms with Crippen molar-refractivity contribution in [2.45, 2.75) is 19.8 Å². The molecule has 2 aromatic heterocycles. The number of nitrogens with zero attached hydrogens (tertiary/aromatic N) is 3. The van der Waals surface area contributed by atoms with Crippen LogP contribution in [0.3, 0.4) is 0 Å². The third-order valence-electron chi connectivity index (χ3n) is 5.88. The summed E-state index contributed by atoms with van der Waals surface area (Å²) in [6.07, 6.45) is 2.40. The van der Waals surface area contributed by atoms with Crippen LogP contribution in [0.15, 0.2) is 48.8 Å². The fraction of sp³-hybridized carbons (Fsp3) is 0.333. The molecular formula is C27H30N6O5. The topological polar surface area (TPSA) is 133 Å². The Balaban J connectivity index is 1.40. The zero-order valence-corrected chi connectivity index (χ0v) is 21.2. The first-order valence-corrected chi connectivity index (χ1v) is 12.6. The van der Waals surface area contributed by atoms with Crippen molar-refractivity contribution in [2.24, 2.45) is 0 Å². The molecule has 2 aromatic carbocycles. The number of carbonyl (C=O) groups excluding carboxylic acids is 1. The summed E-state index contributed by atoms with van der Waals surface area (Å²) >= 11 is 0. The number of ketones is 1. The first-order chi connectivity index (χ1) is 18.7. The molecule has 0 saturated carbocycles. The van der Waals surface area contributed by atoms with E-state index in [0.717, 1.165) is 11.3 Å². The van der Waals surface area contributed by atoms with E-state index in [2.05, 4.69) is 25.6 Å². The number of ether oxygens (including phenoxy) is 4. The number of Topliss-reactive ketones (excluding diaryl/α,β-unsaturated/α-hetero) is 1. The number of benzene rings is 2. The van der Waals surface area contributed by atoms with Gasteiger partial charge >= 0.3 is 0 Å². The predicted molar refractivity (Wildman–Crippen MR) is 143 cm³/mol. The highest BCUT2D eigenvalue weighted by molar-refractivity contribution is 5.88. The zero-order valence-electron chi connectivity index (χ0n) is 21.2. The first kappa shape index (κ1) is 25.4. The molecule has 5 rings (SSSR count). The number of aromatic amines is 1. The van der Waals surface area contributed by atoms with Crippen molar-refractivity contribution in [3.05, 3.63) is 54.4 Å². The second kappa shape index (κ2) is 12.3. The number of rotatable bonds is 7. The number of hydrogen-bond acceptors (Lipinski definition) is 10. The molecule has 0 aliphatic carbocycles. The summed E-state index contributed by atoms with van der Waals surface area (Å²) in [4.78, 5) is 28.8. The molecule has 4 aromatic rings. The van der Waals surface area contributed by atoms with Crippen LogP contribution in [-0.4, -0.2) is 65.4 Å². The molecule has 1 aliphatic heterocycles. The molecule has 0 fully saturated rings. The minimum Gasteiger partial charge on any atom is -0.487 e. The van der Waals surface area contributed by atoms with Crippen molar-refractivity contribution in [1.29, 1.82) is 0 Å². The summed E-state index contributed by atoms with van der Waals surface area (Å²) in [5, 5.41) is 6.60. The first-order valence-electron chi connectivity index (χ1n) is 12.6.